The highest BCUT2D eigenvalue weighted by Crippen LogP contribution is 2.24. The van der Waals surface area contributed by atoms with Crippen LogP contribution in [0.25, 0.3) is 22.1 Å². The minimum absolute atomic E-state index is 0.112. The molecule has 0 aliphatic rings. The van der Waals surface area contributed by atoms with Crippen LogP contribution in [0.15, 0.2) is 47.6 Å². The molecule has 1 amide bonds. The summed E-state index contributed by atoms with van der Waals surface area (Å²) in [4.78, 5) is 22.0. The molecule has 28 heavy (non-hydrogen) atoms. The number of aromatic nitrogens is 4. The normalized spacial score (nSPS) is 11.1. The third-order valence-corrected chi connectivity index (χ3v) is 5.19. The number of rotatable bonds is 5. The summed E-state index contributed by atoms with van der Waals surface area (Å²) >= 11 is 1.26. The van der Waals surface area contributed by atoms with Gasteiger partial charge in [-0.25, -0.2) is 4.98 Å². The number of benzene rings is 2. The van der Waals surface area contributed by atoms with E-state index in [0.717, 1.165) is 33.4 Å². The summed E-state index contributed by atoms with van der Waals surface area (Å²) < 4.78 is 0. The van der Waals surface area contributed by atoms with Crippen molar-refractivity contribution in [1.82, 2.24) is 20.2 Å². The van der Waals surface area contributed by atoms with Gasteiger partial charge in [0.15, 0.2) is 5.65 Å². The number of carbonyl (C=O) groups excluding carboxylic acids is 1. The number of fused-ring (bicyclic) bond motifs is 3. The summed E-state index contributed by atoms with van der Waals surface area (Å²) in [5.41, 5.74) is 5.39. The van der Waals surface area contributed by atoms with Gasteiger partial charge in [-0.2, -0.15) is 0 Å². The smallest absolute Gasteiger partial charge is 0.234 e. The molecule has 0 aliphatic heterocycles. The van der Waals surface area contributed by atoms with Crippen LogP contribution in [0, 0.1) is 6.92 Å². The Kier molecular flexibility index (Phi) is 4.87. The number of aromatic amines is 1. The van der Waals surface area contributed by atoms with Crippen LogP contribution in [-0.4, -0.2) is 45.9 Å². The van der Waals surface area contributed by atoms with Crippen LogP contribution >= 0.6 is 11.8 Å². The molecule has 0 bridgehead atoms. The number of H-pyrrole nitrogens is 1. The number of amides is 1. The number of nitrogens with zero attached hydrogens (tertiary/aromatic N) is 4. The molecule has 4 aromatic rings. The van der Waals surface area contributed by atoms with Gasteiger partial charge in [-0.15, -0.1) is 10.2 Å². The van der Waals surface area contributed by atoms with Crippen molar-refractivity contribution in [1.29, 1.82) is 0 Å². The standard InChI is InChI=1S/C20H20N6OS/c1-12-4-9-16-15(10-12)18-19(22-16)23-20(25-24-18)28-11-17(27)21-13-5-7-14(8-6-13)26(2)3/h4-10H,11H2,1-3H3,(H,21,27)(H,22,23,25). The molecular weight excluding hydrogens is 372 g/mol. The Balaban J connectivity index is 1.43. The van der Waals surface area contributed by atoms with Gasteiger partial charge in [0.1, 0.15) is 5.52 Å². The molecule has 2 N–H and O–H groups in total. The van der Waals surface area contributed by atoms with Crippen molar-refractivity contribution in [3.05, 3.63) is 48.0 Å². The molecular formula is C20H20N6OS. The lowest BCUT2D eigenvalue weighted by molar-refractivity contribution is -0.113. The van der Waals surface area contributed by atoms with E-state index < -0.39 is 0 Å². The number of aryl methyl sites for hydroxylation is 1. The maximum atomic E-state index is 12.2. The molecule has 0 spiro atoms. The Morgan fingerprint density at radius 3 is 2.68 bits per heavy atom. The summed E-state index contributed by atoms with van der Waals surface area (Å²) in [6.07, 6.45) is 0. The molecule has 0 saturated heterocycles. The van der Waals surface area contributed by atoms with Crippen LogP contribution in [0.3, 0.4) is 0 Å². The Bertz CT molecular complexity index is 1150. The quantitative estimate of drug-likeness (QED) is 0.505. The van der Waals surface area contributed by atoms with Gasteiger partial charge in [-0.1, -0.05) is 23.4 Å². The Hall–Kier alpha value is -3.13. The largest absolute Gasteiger partial charge is 0.378 e. The molecule has 0 atom stereocenters. The lowest BCUT2D eigenvalue weighted by Crippen LogP contribution is -2.14. The van der Waals surface area contributed by atoms with E-state index in [1.807, 2.05) is 62.3 Å². The van der Waals surface area contributed by atoms with E-state index in [9.17, 15) is 4.79 Å². The monoisotopic (exact) mass is 392 g/mol. The van der Waals surface area contributed by atoms with Crippen LogP contribution in [0.5, 0.6) is 0 Å². The number of thioether (sulfide) groups is 1. The van der Waals surface area contributed by atoms with E-state index in [1.165, 1.54) is 11.8 Å². The number of hydrogen-bond acceptors (Lipinski definition) is 6. The van der Waals surface area contributed by atoms with Gasteiger partial charge >= 0.3 is 0 Å². The molecule has 2 aromatic carbocycles. The maximum absolute atomic E-state index is 12.2. The molecule has 0 fully saturated rings. The van der Waals surface area contributed by atoms with Crippen molar-refractivity contribution in [2.45, 2.75) is 12.1 Å². The number of nitrogens with one attached hydrogen (secondary N) is 2. The fraction of sp³-hybridized carbons (Fsp3) is 0.200. The van der Waals surface area contributed by atoms with Gasteiger partial charge in [0.25, 0.3) is 0 Å². The zero-order chi connectivity index (χ0) is 19.7. The average Bonchev–Trinajstić information content (AvgIpc) is 3.04. The van der Waals surface area contributed by atoms with Crippen LogP contribution in [-0.2, 0) is 4.79 Å². The van der Waals surface area contributed by atoms with Crippen LogP contribution in [0.1, 0.15) is 5.56 Å². The van der Waals surface area contributed by atoms with Gasteiger partial charge in [0.2, 0.25) is 11.1 Å². The van der Waals surface area contributed by atoms with E-state index in [2.05, 4.69) is 31.5 Å². The zero-order valence-corrected chi connectivity index (χ0v) is 16.7. The molecule has 0 radical (unpaired) electrons. The summed E-state index contributed by atoms with van der Waals surface area (Å²) in [5.74, 6) is 0.0978. The second-order valence-corrected chi connectivity index (χ2v) is 7.69. The zero-order valence-electron chi connectivity index (χ0n) is 15.9. The van der Waals surface area contributed by atoms with Crippen LogP contribution < -0.4 is 10.2 Å². The molecule has 0 saturated carbocycles. The van der Waals surface area contributed by atoms with E-state index in [4.69, 9.17) is 0 Å². The fourth-order valence-corrected chi connectivity index (χ4v) is 3.49. The van der Waals surface area contributed by atoms with E-state index in [-0.39, 0.29) is 11.7 Å². The van der Waals surface area contributed by atoms with Gasteiger partial charge in [-0.05, 0) is 43.3 Å². The van der Waals surface area contributed by atoms with Gasteiger partial charge in [-0.3, -0.25) is 4.79 Å². The third kappa shape index (κ3) is 3.77. The summed E-state index contributed by atoms with van der Waals surface area (Å²) in [6.45, 7) is 2.04. The molecule has 2 heterocycles. The molecule has 7 nitrogen and oxygen atoms in total. The fourth-order valence-electron chi connectivity index (χ4n) is 2.90. The molecule has 8 heteroatoms. The molecule has 2 aromatic heterocycles. The minimum atomic E-state index is -0.112. The van der Waals surface area contributed by atoms with Crippen molar-refractivity contribution in [2.75, 3.05) is 30.1 Å². The highest BCUT2D eigenvalue weighted by atomic mass is 32.2. The van der Waals surface area contributed by atoms with Crippen molar-refractivity contribution < 1.29 is 4.79 Å². The number of hydrogen-bond donors (Lipinski definition) is 2. The van der Waals surface area contributed by atoms with Crippen molar-refractivity contribution in [3.63, 3.8) is 0 Å². The van der Waals surface area contributed by atoms with Gasteiger partial charge in [0, 0.05) is 36.4 Å². The highest BCUT2D eigenvalue weighted by Gasteiger charge is 2.11. The predicted molar refractivity (Wildman–Crippen MR) is 114 cm³/mol. The topological polar surface area (TPSA) is 86.8 Å². The van der Waals surface area contributed by atoms with Gasteiger partial charge in [0.05, 0.1) is 5.75 Å². The molecule has 4 rings (SSSR count). The van der Waals surface area contributed by atoms with Gasteiger partial charge < -0.3 is 15.2 Å². The van der Waals surface area contributed by atoms with E-state index >= 15 is 0 Å². The first kappa shape index (κ1) is 18.2. The lowest BCUT2D eigenvalue weighted by atomic mass is 10.2. The Labute approximate surface area is 166 Å². The maximum Gasteiger partial charge on any atom is 0.234 e. The van der Waals surface area contributed by atoms with Crippen molar-refractivity contribution in [2.24, 2.45) is 0 Å². The summed E-state index contributed by atoms with van der Waals surface area (Å²) in [5, 5.41) is 12.8. The molecule has 0 aliphatic carbocycles. The first-order valence-electron chi connectivity index (χ1n) is 8.82. The van der Waals surface area contributed by atoms with E-state index in [1.54, 1.807) is 0 Å². The van der Waals surface area contributed by atoms with Crippen LogP contribution in [0.2, 0.25) is 0 Å². The first-order valence-corrected chi connectivity index (χ1v) is 9.81. The SMILES string of the molecule is Cc1ccc2[nH]c3nc(SCC(=O)Nc4ccc(N(C)C)cc4)nnc3c2c1. The highest BCUT2D eigenvalue weighted by molar-refractivity contribution is 7.99. The number of carbonyl (C=O) groups is 1. The predicted octanol–water partition coefficient (Wildman–Crippen LogP) is 3.61. The molecule has 142 valence electrons. The average molecular weight is 392 g/mol. The van der Waals surface area contributed by atoms with Crippen LogP contribution in [0.4, 0.5) is 11.4 Å². The van der Waals surface area contributed by atoms with Crippen molar-refractivity contribution in [3.8, 4) is 0 Å². The second-order valence-electron chi connectivity index (χ2n) is 6.74. The summed E-state index contributed by atoms with van der Waals surface area (Å²) in [6, 6.07) is 13.8. The summed E-state index contributed by atoms with van der Waals surface area (Å²) in [7, 11) is 3.95. The van der Waals surface area contributed by atoms with Crippen molar-refractivity contribution >= 4 is 51.1 Å². The second kappa shape index (κ2) is 7.47. The Morgan fingerprint density at radius 1 is 1.14 bits per heavy atom. The lowest BCUT2D eigenvalue weighted by Gasteiger charge is -2.12. The molecule has 0 unspecified atom stereocenters. The minimum Gasteiger partial charge on any atom is -0.378 e. The first-order chi connectivity index (χ1) is 13.5. The third-order valence-electron chi connectivity index (χ3n) is 4.35. The van der Waals surface area contributed by atoms with E-state index in [0.29, 0.717) is 10.8 Å². The Morgan fingerprint density at radius 2 is 1.93 bits per heavy atom. The number of anilines is 2.